The molecule has 3 aromatic rings. The van der Waals surface area contributed by atoms with Gasteiger partial charge in [-0.1, -0.05) is 29.5 Å². The third-order valence-electron chi connectivity index (χ3n) is 7.44. The highest BCUT2D eigenvalue weighted by Gasteiger charge is 2.33. The summed E-state index contributed by atoms with van der Waals surface area (Å²) in [6.45, 7) is 5.71. The summed E-state index contributed by atoms with van der Waals surface area (Å²) in [5.41, 5.74) is 3.03. The number of ether oxygens (including phenoxy) is 4. The molecule has 0 N–H and O–H groups in total. The highest BCUT2D eigenvalue weighted by atomic mass is 32.1. The zero-order valence-electron chi connectivity index (χ0n) is 25.5. The molecule has 1 atom stereocenters. The number of thiazole rings is 1. The molecule has 11 nitrogen and oxygen atoms in total. The molecule has 12 heteroatoms. The van der Waals surface area contributed by atoms with Crippen molar-refractivity contribution in [3.05, 3.63) is 84.5 Å². The molecular weight excluding hydrogens is 584 g/mol. The van der Waals surface area contributed by atoms with Crippen LogP contribution in [0.1, 0.15) is 31.0 Å². The van der Waals surface area contributed by atoms with Crippen molar-refractivity contribution < 1.29 is 28.5 Å². The number of methoxy groups -OCH3 is 1. The lowest BCUT2D eigenvalue weighted by atomic mass is 9.95. The van der Waals surface area contributed by atoms with Crippen molar-refractivity contribution in [3.63, 3.8) is 0 Å². The number of benzene rings is 2. The molecule has 1 amide bonds. The number of carbonyl (C=O) groups excluding carboxylic acids is 2. The van der Waals surface area contributed by atoms with Crippen LogP contribution in [0.15, 0.2) is 63.5 Å². The van der Waals surface area contributed by atoms with Crippen molar-refractivity contribution in [1.29, 1.82) is 0 Å². The number of amides is 1. The quantitative estimate of drug-likeness (QED) is 0.335. The Kier molecular flexibility index (Phi) is 9.50. The highest BCUT2D eigenvalue weighted by molar-refractivity contribution is 7.07. The van der Waals surface area contributed by atoms with Gasteiger partial charge in [0.25, 0.3) is 11.5 Å². The van der Waals surface area contributed by atoms with Gasteiger partial charge in [-0.05, 0) is 55.3 Å². The average Bonchev–Trinajstić information content (AvgIpc) is 3.33. The van der Waals surface area contributed by atoms with Gasteiger partial charge < -0.3 is 28.7 Å². The van der Waals surface area contributed by atoms with Gasteiger partial charge in [0, 0.05) is 32.9 Å². The third-order valence-corrected chi connectivity index (χ3v) is 8.43. The normalized spacial score (nSPS) is 16.7. The maximum absolute atomic E-state index is 14.0. The Hall–Kier alpha value is -4.42. The fourth-order valence-corrected chi connectivity index (χ4v) is 6.20. The van der Waals surface area contributed by atoms with E-state index < -0.39 is 12.0 Å². The third kappa shape index (κ3) is 6.41. The van der Waals surface area contributed by atoms with Crippen LogP contribution in [0.25, 0.3) is 6.08 Å². The molecule has 0 radical (unpaired) electrons. The van der Waals surface area contributed by atoms with Crippen LogP contribution < -0.4 is 29.3 Å². The van der Waals surface area contributed by atoms with Crippen LogP contribution in [0.2, 0.25) is 0 Å². The molecule has 1 aromatic heterocycles. The second kappa shape index (κ2) is 13.5. The van der Waals surface area contributed by atoms with Gasteiger partial charge in [-0.25, -0.2) is 9.79 Å². The number of hydrogen-bond donors (Lipinski definition) is 0. The maximum Gasteiger partial charge on any atom is 0.338 e. The Morgan fingerprint density at radius 3 is 2.50 bits per heavy atom. The van der Waals surface area contributed by atoms with E-state index in [1.165, 1.54) is 18.4 Å². The predicted octanol–water partition coefficient (Wildman–Crippen LogP) is 2.11. The number of hydrogen-bond acceptors (Lipinski definition) is 10. The summed E-state index contributed by atoms with van der Waals surface area (Å²) < 4.78 is 24.0. The number of nitrogens with zero attached hydrogens (tertiary/aromatic N) is 4. The van der Waals surface area contributed by atoms with E-state index in [-0.39, 0.29) is 24.7 Å². The van der Waals surface area contributed by atoms with Crippen LogP contribution >= 0.6 is 11.3 Å². The smallest absolute Gasteiger partial charge is 0.338 e. The number of rotatable bonds is 9. The summed E-state index contributed by atoms with van der Waals surface area (Å²) >= 11 is 1.24. The molecule has 0 bridgehead atoms. The van der Waals surface area contributed by atoms with E-state index in [2.05, 4.69) is 4.99 Å². The van der Waals surface area contributed by atoms with E-state index in [0.717, 1.165) is 11.3 Å². The van der Waals surface area contributed by atoms with Crippen molar-refractivity contribution in [1.82, 2.24) is 9.47 Å². The van der Waals surface area contributed by atoms with Gasteiger partial charge in [0.15, 0.2) is 22.9 Å². The molecule has 0 unspecified atom stereocenters. The molecule has 2 aliphatic rings. The highest BCUT2D eigenvalue weighted by Crippen LogP contribution is 2.32. The van der Waals surface area contributed by atoms with E-state index in [0.29, 0.717) is 64.0 Å². The lowest BCUT2D eigenvalue weighted by molar-refractivity contribution is -0.139. The molecule has 5 rings (SSSR count). The molecule has 0 saturated carbocycles. The largest absolute Gasteiger partial charge is 0.493 e. The van der Waals surface area contributed by atoms with Gasteiger partial charge in [-0.3, -0.25) is 14.2 Å². The number of carbonyl (C=O) groups is 2. The first-order valence-electron chi connectivity index (χ1n) is 14.3. The van der Waals surface area contributed by atoms with E-state index >= 15 is 0 Å². The molecule has 232 valence electrons. The zero-order valence-corrected chi connectivity index (χ0v) is 26.3. The number of aromatic nitrogens is 1. The van der Waals surface area contributed by atoms with Gasteiger partial charge in [-0.2, -0.15) is 0 Å². The number of fused-ring (bicyclic) bond motifs is 1. The number of morpholine rings is 1. The fourth-order valence-electron chi connectivity index (χ4n) is 5.15. The Morgan fingerprint density at radius 2 is 1.84 bits per heavy atom. The van der Waals surface area contributed by atoms with Gasteiger partial charge in [0.2, 0.25) is 0 Å². The van der Waals surface area contributed by atoms with E-state index in [9.17, 15) is 14.4 Å². The van der Waals surface area contributed by atoms with Crippen LogP contribution in [0, 0.1) is 0 Å². The first kappa shape index (κ1) is 31.0. The van der Waals surface area contributed by atoms with E-state index in [1.807, 2.05) is 43.3 Å². The molecule has 3 heterocycles. The molecule has 0 aliphatic carbocycles. The SMILES string of the molecule is CCOC(=O)C1=C(C)N=c2s/c(=C/c3ccc(OCC(=O)N4CCOCC4)c(OC)c3)c(=O)n2[C@H]1c1ccc(N(C)C)cc1. The summed E-state index contributed by atoms with van der Waals surface area (Å²) in [6, 6.07) is 12.3. The van der Waals surface area contributed by atoms with Gasteiger partial charge in [0.1, 0.15) is 0 Å². The minimum atomic E-state index is -0.696. The van der Waals surface area contributed by atoms with Gasteiger partial charge in [-0.15, -0.1) is 0 Å². The molecule has 0 spiro atoms. The topological polar surface area (TPSA) is 112 Å². The number of anilines is 1. The number of allylic oxidation sites excluding steroid dienone is 1. The van der Waals surface area contributed by atoms with Crippen LogP contribution in [0.5, 0.6) is 11.5 Å². The van der Waals surface area contributed by atoms with Gasteiger partial charge in [0.05, 0.1) is 48.8 Å². The van der Waals surface area contributed by atoms with E-state index in [1.54, 1.807) is 47.6 Å². The second-order valence-corrected chi connectivity index (χ2v) is 11.5. The summed E-state index contributed by atoms with van der Waals surface area (Å²) in [6.07, 6.45) is 1.75. The van der Waals surface area contributed by atoms with Crippen LogP contribution in [-0.2, 0) is 19.1 Å². The standard InChI is InChI=1S/C32H36N4O7S/c1-6-42-31(39)28-20(2)33-32-36(29(28)22-8-10-23(11-9-22)34(3)4)30(38)26(44-32)18-21-7-12-24(25(17-21)40-5)43-19-27(37)35-13-15-41-16-14-35/h7-12,17-18,29H,6,13-16,19H2,1-5H3/b26-18+/t29-/m0/s1. The summed E-state index contributed by atoms with van der Waals surface area (Å²) in [5.74, 6) is 0.227. The van der Waals surface area contributed by atoms with Crippen molar-refractivity contribution in [2.75, 3.05) is 65.6 Å². The van der Waals surface area contributed by atoms with Crippen LogP contribution in [-0.4, -0.2) is 82.1 Å². The Balaban J connectivity index is 1.49. The number of esters is 1. The maximum atomic E-state index is 14.0. The molecule has 2 aliphatic heterocycles. The Morgan fingerprint density at radius 1 is 1.11 bits per heavy atom. The summed E-state index contributed by atoms with van der Waals surface area (Å²) in [7, 11) is 5.42. The minimum Gasteiger partial charge on any atom is -0.493 e. The van der Waals surface area contributed by atoms with Gasteiger partial charge >= 0.3 is 5.97 Å². The molecule has 1 saturated heterocycles. The first-order valence-corrected chi connectivity index (χ1v) is 15.2. The average molecular weight is 621 g/mol. The van der Waals surface area contributed by atoms with Crippen molar-refractivity contribution in [2.24, 2.45) is 4.99 Å². The molecule has 1 fully saturated rings. The van der Waals surface area contributed by atoms with Crippen LogP contribution in [0.3, 0.4) is 0 Å². The Labute approximate surface area is 259 Å². The minimum absolute atomic E-state index is 0.119. The van der Waals surface area contributed by atoms with E-state index in [4.69, 9.17) is 18.9 Å². The summed E-state index contributed by atoms with van der Waals surface area (Å²) in [4.78, 5) is 48.5. The van der Waals surface area contributed by atoms with Crippen LogP contribution in [0.4, 0.5) is 5.69 Å². The molecular formula is C32H36N4O7S. The fraction of sp³-hybridized carbons (Fsp3) is 0.375. The zero-order chi connectivity index (χ0) is 31.4. The van der Waals surface area contributed by atoms with Crippen molar-refractivity contribution in [2.45, 2.75) is 19.9 Å². The van der Waals surface area contributed by atoms with Crippen molar-refractivity contribution in [3.8, 4) is 11.5 Å². The molecule has 44 heavy (non-hydrogen) atoms. The first-order chi connectivity index (χ1) is 21.2. The van der Waals surface area contributed by atoms with Crippen molar-refractivity contribution >= 4 is 35.0 Å². The molecule has 2 aromatic carbocycles. The lowest BCUT2D eigenvalue weighted by Gasteiger charge is -2.26. The second-order valence-electron chi connectivity index (χ2n) is 10.5. The summed E-state index contributed by atoms with van der Waals surface area (Å²) in [5, 5.41) is 0. The monoisotopic (exact) mass is 620 g/mol. The lowest BCUT2D eigenvalue weighted by Crippen LogP contribution is -2.43. The Bertz CT molecular complexity index is 1750. The predicted molar refractivity (Wildman–Crippen MR) is 167 cm³/mol.